The molecule has 2 aromatic carbocycles. The second-order valence-electron chi connectivity index (χ2n) is 6.21. The minimum absolute atomic E-state index is 0.279. The molecule has 0 saturated carbocycles. The summed E-state index contributed by atoms with van der Waals surface area (Å²) in [6.07, 6.45) is 0. The van der Waals surface area contributed by atoms with Gasteiger partial charge in [-0.25, -0.2) is 9.59 Å². The molecule has 4 heteroatoms. The molecule has 0 spiro atoms. The first-order valence-corrected chi connectivity index (χ1v) is 7.93. The highest BCUT2D eigenvalue weighted by molar-refractivity contribution is 5.94. The minimum atomic E-state index is -0.458. The van der Waals surface area contributed by atoms with E-state index in [9.17, 15) is 9.59 Å². The van der Waals surface area contributed by atoms with Crippen LogP contribution >= 0.6 is 0 Å². The monoisotopic (exact) mass is 326 g/mol. The number of carbonyl (C=O) groups excluding carboxylic acids is 2. The number of rotatable bonds is 5. The molecule has 0 aliphatic carbocycles. The van der Waals surface area contributed by atoms with Gasteiger partial charge in [-0.15, -0.1) is 0 Å². The molecule has 2 rings (SSSR count). The van der Waals surface area contributed by atoms with Crippen molar-refractivity contribution in [1.29, 1.82) is 0 Å². The number of carbonyl (C=O) groups is 2. The van der Waals surface area contributed by atoms with Crippen LogP contribution in [0, 0.1) is 19.8 Å². The summed E-state index contributed by atoms with van der Waals surface area (Å²) in [5.74, 6) is -0.0668. The van der Waals surface area contributed by atoms with Crippen LogP contribution in [0.2, 0.25) is 0 Å². The average molecular weight is 326 g/mol. The van der Waals surface area contributed by atoms with E-state index in [1.54, 1.807) is 30.3 Å². The van der Waals surface area contributed by atoms with Crippen molar-refractivity contribution in [3.8, 4) is 5.75 Å². The van der Waals surface area contributed by atoms with Gasteiger partial charge in [-0.1, -0.05) is 19.9 Å². The molecule has 0 heterocycles. The number of aryl methyl sites for hydroxylation is 2. The van der Waals surface area contributed by atoms with Crippen molar-refractivity contribution >= 4 is 11.9 Å². The van der Waals surface area contributed by atoms with E-state index in [2.05, 4.69) is 0 Å². The zero-order valence-electron chi connectivity index (χ0n) is 14.5. The Kier molecular flexibility index (Phi) is 5.74. The summed E-state index contributed by atoms with van der Waals surface area (Å²) in [5, 5.41) is 0. The van der Waals surface area contributed by atoms with Gasteiger partial charge in [-0.2, -0.15) is 0 Å². The lowest BCUT2D eigenvalue weighted by molar-refractivity contribution is 0.0458. The van der Waals surface area contributed by atoms with E-state index in [0.717, 1.165) is 11.1 Å². The van der Waals surface area contributed by atoms with E-state index >= 15 is 0 Å². The van der Waals surface area contributed by atoms with Gasteiger partial charge in [-0.3, -0.25) is 0 Å². The summed E-state index contributed by atoms with van der Waals surface area (Å²) >= 11 is 0. The maximum atomic E-state index is 12.2. The van der Waals surface area contributed by atoms with Crippen LogP contribution in [-0.2, 0) is 4.74 Å². The molecule has 0 amide bonds. The Bertz CT molecular complexity index is 730. The molecular formula is C20H22O4. The van der Waals surface area contributed by atoms with Crippen molar-refractivity contribution in [3.63, 3.8) is 0 Å². The van der Waals surface area contributed by atoms with Gasteiger partial charge in [0, 0.05) is 0 Å². The second kappa shape index (κ2) is 7.77. The lowest BCUT2D eigenvalue weighted by Gasteiger charge is -2.08. The Balaban J connectivity index is 2.02. The van der Waals surface area contributed by atoms with Crippen LogP contribution in [0.15, 0.2) is 42.5 Å². The van der Waals surface area contributed by atoms with Gasteiger partial charge in [0.25, 0.3) is 0 Å². The van der Waals surface area contributed by atoms with Crippen molar-refractivity contribution in [3.05, 3.63) is 64.7 Å². The maximum Gasteiger partial charge on any atom is 0.343 e. The van der Waals surface area contributed by atoms with Crippen LogP contribution in [0.1, 0.15) is 45.7 Å². The van der Waals surface area contributed by atoms with Crippen LogP contribution in [0.4, 0.5) is 0 Å². The van der Waals surface area contributed by atoms with Crippen LogP contribution in [0.3, 0.4) is 0 Å². The van der Waals surface area contributed by atoms with Gasteiger partial charge in [0.2, 0.25) is 0 Å². The van der Waals surface area contributed by atoms with E-state index in [1.807, 2.05) is 39.8 Å². The predicted molar refractivity (Wildman–Crippen MR) is 92.4 cm³/mol. The molecule has 0 radical (unpaired) electrons. The topological polar surface area (TPSA) is 52.6 Å². The lowest BCUT2D eigenvalue weighted by atomic mass is 10.1. The molecule has 126 valence electrons. The third-order valence-electron chi connectivity index (χ3n) is 3.59. The molecular weight excluding hydrogens is 304 g/mol. The third-order valence-corrected chi connectivity index (χ3v) is 3.59. The van der Waals surface area contributed by atoms with Crippen molar-refractivity contribution in [2.45, 2.75) is 27.7 Å². The van der Waals surface area contributed by atoms with Gasteiger partial charge >= 0.3 is 11.9 Å². The summed E-state index contributed by atoms with van der Waals surface area (Å²) in [7, 11) is 0. The Hall–Kier alpha value is -2.62. The van der Waals surface area contributed by atoms with Crippen LogP contribution in [0.5, 0.6) is 5.75 Å². The Morgan fingerprint density at radius 3 is 2.00 bits per heavy atom. The quantitative estimate of drug-likeness (QED) is 0.606. The second-order valence-corrected chi connectivity index (χ2v) is 6.21. The molecule has 0 unspecified atom stereocenters. The molecule has 0 aliphatic heterocycles. The molecule has 0 atom stereocenters. The summed E-state index contributed by atoms with van der Waals surface area (Å²) in [6, 6.07) is 11.8. The number of hydrogen-bond acceptors (Lipinski definition) is 4. The Morgan fingerprint density at radius 2 is 1.46 bits per heavy atom. The fraction of sp³-hybridized carbons (Fsp3) is 0.300. The fourth-order valence-electron chi connectivity index (χ4n) is 2.01. The van der Waals surface area contributed by atoms with Crippen molar-refractivity contribution in [2.24, 2.45) is 5.92 Å². The number of hydrogen-bond donors (Lipinski definition) is 0. The standard InChI is InChI=1S/C20H22O4/c1-13(2)12-23-19(21)16-6-8-17(9-7-16)20(22)24-18-10-5-14(3)15(4)11-18/h5-11,13H,12H2,1-4H3. The minimum Gasteiger partial charge on any atom is -0.462 e. The molecule has 0 bridgehead atoms. The van der Waals surface area contributed by atoms with E-state index in [0.29, 0.717) is 23.5 Å². The number of benzene rings is 2. The summed E-state index contributed by atoms with van der Waals surface area (Å²) in [5.41, 5.74) is 3.00. The fourth-order valence-corrected chi connectivity index (χ4v) is 2.01. The largest absolute Gasteiger partial charge is 0.462 e. The normalized spacial score (nSPS) is 10.5. The molecule has 24 heavy (non-hydrogen) atoms. The van der Waals surface area contributed by atoms with Gasteiger partial charge in [0.1, 0.15) is 5.75 Å². The van der Waals surface area contributed by atoms with Gasteiger partial charge in [0.15, 0.2) is 0 Å². The van der Waals surface area contributed by atoms with Gasteiger partial charge < -0.3 is 9.47 Å². The van der Waals surface area contributed by atoms with Crippen LogP contribution in [-0.4, -0.2) is 18.5 Å². The molecule has 4 nitrogen and oxygen atoms in total. The van der Waals surface area contributed by atoms with E-state index in [-0.39, 0.29) is 5.92 Å². The van der Waals surface area contributed by atoms with Gasteiger partial charge in [0.05, 0.1) is 17.7 Å². The first-order valence-electron chi connectivity index (χ1n) is 7.93. The highest BCUT2D eigenvalue weighted by atomic mass is 16.5. The van der Waals surface area contributed by atoms with Crippen molar-refractivity contribution < 1.29 is 19.1 Å². The van der Waals surface area contributed by atoms with Crippen LogP contribution in [0.25, 0.3) is 0 Å². The molecule has 0 aromatic heterocycles. The molecule has 0 saturated heterocycles. The van der Waals surface area contributed by atoms with Gasteiger partial charge in [-0.05, 0) is 67.3 Å². The first kappa shape index (κ1) is 17.7. The van der Waals surface area contributed by atoms with Crippen molar-refractivity contribution in [1.82, 2.24) is 0 Å². The summed E-state index contributed by atoms with van der Waals surface area (Å²) in [6.45, 7) is 8.27. The van der Waals surface area contributed by atoms with E-state index in [4.69, 9.17) is 9.47 Å². The van der Waals surface area contributed by atoms with E-state index < -0.39 is 11.9 Å². The Labute approximate surface area is 142 Å². The molecule has 0 N–H and O–H groups in total. The highest BCUT2D eigenvalue weighted by Gasteiger charge is 2.12. The third kappa shape index (κ3) is 4.69. The molecule has 0 fully saturated rings. The summed E-state index contributed by atoms with van der Waals surface area (Å²) < 4.78 is 10.5. The maximum absolute atomic E-state index is 12.2. The predicted octanol–water partition coefficient (Wildman–Crippen LogP) is 4.34. The Morgan fingerprint density at radius 1 is 0.875 bits per heavy atom. The zero-order chi connectivity index (χ0) is 17.7. The molecule has 2 aromatic rings. The lowest BCUT2D eigenvalue weighted by Crippen LogP contribution is -2.12. The number of ether oxygens (including phenoxy) is 2. The zero-order valence-corrected chi connectivity index (χ0v) is 14.5. The molecule has 0 aliphatic rings. The smallest absolute Gasteiger partial charge is 0.343 e. The SMILES string of the molecule is Cc1ccc(OC(=O)c2ccc(C(=O)OCC(C)C)cc2)cc1C. The van der Waals surface area contributed by atoms with Crippen LogP contribution < -0.4 is 4.74 Å². The summed E-state index contributed by atoms with van der Waals surface area (Å²) in [4.78, 5) is 24.0. The average Bonchev–Trinajstić information content (AvgIpc) is 2.56. The first-order chi connectivity index (χ1) is 11.4. The number of esters is 2. The highest BCUT2D eigenvalue weighted by Crippen LogP contribution is 2.18. The van der Waals surface area contributed by atoms with Crippen molar-refractivity contribution in [2.75, 3.05) is 6.61 Å². The van der Waals surface area contributed by atoms with E-state index in [1.165, 1.54) is 0 Å².